The van der Waals surface area contributed by atoms with E-state index in [4.69, 9.17) is 14.0 Å². The molecule has 0 saturated heterocycles. The number of quaternary nitrogens is 1. The van der Waals surface area contributed by atoms with E-state index in [9.17, 15) is 14.7 Å². The number of carboxylic acids is 1. The van der Waals surface area contributed by atoms with Crippen LogP contribution in [0.15, 0.2) is 0 Å². The minimum atomic E-state index is -2.36. The van der Waals surface area contributed by atoms with Gasteiger partial charge in [-0.1, -0.05) is 77.6 Å². The maximum atomic E-state index is 12.2. The van der Waals surface area contributed by atoms with Crippen molar-refractivity contribution in [2.24, 2.45) is 0 Å². The summed E-state index contributed by atoms with van der Waals surface area (Å²) in [5.74, 6) is -1.87. The highest BCUT2D eigenvalue weighted by molar-refractivity contribution is 5.71. The van der Waals surface area contributed by atoms with Crippen LogP contribution < -0.4 is 0 Å². The topological polar surface area (TPSA) is 83.8 Å². The molecule has 0 rings (SSSR count). The van der Waals surface area contributed by atoms with Gasteiger partial charge in [0, 0.05) is 0 Å². The molecule has 0 amide bonds. The average Bonchev–Trinajstić information content (AvgIpc) is 2.64. The molecule has 0 radical (unpaired) electrons. The van der Waals surface area contributed by atoms with Crippen LogP contribution in [-0.4, -0.2) is 66.5 Å². The second-order valence-electron chi connectivity index (χ2n) is 8.76. The number of hydrogen-bond acceptors (Lipinski definition) is 4. The Hall–Kier alpha value is -1.14. The van der Waals surface area contributed by atoms with Gasteiger partial charge in [-0.3, -0.25) is 9.59 Å². The van der Waals surface area contributed by atoms with Crippen LogP contribution in [0.5, 0.6) is 0 Å². The van der Waals surface area contributed by atoms with Gasteiger partial charge < -0.3 is 19.4 Å². The van der Waals surface area contributed by atoms with Crippen molar-refractivity contribution in [3.63, 3.8) is 0 Å². The number of unbranched alkanes of at least 4 members (excludes halogenated alkanes) is 10. The van der Waals surface area contributed by atoms with Crippen molar-refractivity contribution in [2.75, 3.05) is 27.6 Å². The first kappa shape index (κ1) is 22.5. The molecular formula is C23H46NO5+. The molecule has 2 N–H and O–H groups in total. The molecule has 0 aromatic rings. The Balaban J connectivity index is 4.11. The molecule has 0 heterocycles. The number of aliphatic carboxylic acids is 1. The fraction of sp³-hybridized carbons (Fsp3) is 0.913. The van der Waals surface area contributed by atoms with Crippen LogP contribution >= 0.6 is 0 Å². The van der Waals surface area contributed by atoms with Crippen LogP contribution in [0.25, 0.3) is 0 Å². The predicted molar refractivity (Wildman–Crippen MR) is 117 cm³/mol. The summed E-state index contributed by atoms with van der Waals surface area (Å²) in [7, 11) is 2.88. The molecule has 0 fully saturated rings. The molecule has 0 spiro atoms. The number of aliphatic hydroxyl groups excluding tert-OH is 1. The summed E-state index contributed by atoms with van der Waals surface area (Å²) >= 11 is 0. The third-order valence-electron chi connectivity index (χ3n) is 4.90. The largest absolute Gasteiger partial charge is 0.481 e. The smallest absolute Gasteiger partial charge is 0.308 e. The third kappa shape index (κ3) is 19.9. The van der Waals surface area contributed by atoms with Crippen molar-refractivity contribution in [3.05, 3.63) is 0 Å². The number of hydrogen-bond donors (Lipinski definition) is 2. The van der Waals surface area contributed by atoms with Crippen molar-refractivity contribution in [1.82, 2.24) is 0 Å². The summed E-state index contributed by atoms with van der Waals surface area (Å²) in [5.41, 5.74) is 0. The molecular weight excluding hydrogens is 370 g/mol. The fourth-order valence-electron chi connectivity index (χ4n) is 3.42. The minimum Gasteiger partial charge on any atom is -0.481 e. The molecule has 29 heavy (non-hydrogen) atoms. The Labute approximate surface area is 182 Å². The Morgan fingerprint density at radius 2 is 1.45 bits per heavy atom. The summed E-state index contributed by atoms with van der Waals surface area (Å²) in [6.45, 7) is -0.291. The van der Waals surface area contributed by atoms with Crippen LogP contribution in [0.4, 0.5) is 0 Å². The summed E-state index contributed by atoms with van der Waals surface area (Å²) in [5, 5.41) is 19.2. The van der Waals surface area contributed by atoms with Gasteiger partial charge in [-0.05, 0) is 6.42 Å². The molecule has 2 atom stereocenters. The number of carbonyl (C=O) groups is 2. The standard InChI is InChI=1S/C23H45NO5/c1-5-6-7-8-9-10-11-12-13-14-15-16-20(25)17-23(28)29-21(18-22(26)27)19-24(2,3)4/h20-21,25H,5-19H2,1-4H3/p+1/t20-,21-/m1/s1/i2D3. The quantitative estimate of drug-likeness (QED) is 0.183. The second kappa shape index (κ2) is 16.6. The first-order valence-electron chi connectivity index (χ1n) is 12.8. The number of nitrogens with zero attached hydrogens (tertiary/aromatic N) is 1. The molecule has 0 aliphatic rings. The van der Waals surface area contributed by atoms with Crippen molar-refractivity contribution in [3.8, 4) is 0 Å². The van der Waals surface area contributed by atoms with Gasteiger partial charge in [0.25, 0.3) is 0 Å². The zero-order valence-corrected chi connectivity index (χ0v) is 18.8. The lowest BCUT2D eigenvalue weighted by Gasteiger charge is -2.28. The summed E-state index contributed by atoms with van der Waals surface area (Å²) in [6.07, 6.45) is 11.2. The second-order valence-corrected chi connectivity index (χ2v) is 8.76. The summed E-state index contributed by atoms with van der Waals surface area (Å²) < 4.78 is 27.4. The predicted octanol–water partition coefficient (Wildman–Crippen LogP) is 4.53. The van der Waals surface area contributed by atoms with Crippen LogP contribution in [0.2, 0.25) is 0 Å². The van der Waals surface area contributed by atoms with Crippen LogP contribution in [-0.2, 0) is 14.3 Å². The van der Waals surface area contributed by atoms with Gasteiger partial charge in [0.15, 0.2) is 6.10 Å². The monoisotopic (exact) mass is 419 g/mol. The van der Waals surface area contributed by atoms with E-state index < -0.39 is 42.0 Å². The van der Waals surface area contributed by atoms with E-state index in [2.05, 4.69) is 6.92 Å². The van der Waals surface area contributed by atoms with E-state index >= 15 is 0 Å². The Morgan fingerprint density at radius 1 is 0.931 bits per heavy atom. The average molecular weight is 420 g/mol. The van der Waals surface area contributed by atoms with E-state index in [0.29, 0.717) is 6.42 Å². The number of likely N-dealkylation sites (N-methyl/N-ethyl adjacent to an activating group) is 1. The molecule has 0 unspecified atom stereocenters. The van der Waals surface area contributed by atoms with Crippen molar-refractivity contribution >= 4 is 11.9 Å². The van der Waals surface area contributed by atoms with Crippen molar-refractivity contribution in [2.45, 2.75) is 109 Å². The molecule has 0 bridgehead atoms. The van der Waals surface area contributed by atoms with Crippen LogP contribution in [0.3, 0.4) is 0 Å². The minimum absolute atomic E-state index is 0.150. The van der Waals surface area contributed by atoms with E-state index in [-0.39, 0.29) is 13.0 Å². The van der Waals surface area contributed by atoms with Gasteiger partial charge in [0.05, 0.1) is 44.1 Å². The molecule has 0 aliphatic carbocycles. The van der Waals surface area contributed by atoms with Gasteiger partial charge in [0.2, 0.25) is 0 Å². The number of aliphatic hydroxyl groups is 1. The van der Waals surface area contributed by atoms with E-state index in [1.165, 1.54) is 65.5 Å². The normalized spacial score (nSPS) is 15.8. The zero-order chi connectivity index (χ0) is 24.6. The maximum absolute atomic E-state index is 12.2. The van der Waals surface area contributed by atoms with Crippen LogP contribution in [0.1, 0.15) is 101 Å². The molecule has 0 aliphatic heterocycles. The van der Waals surface area contributed by atoms with Gasteiger partial charge in [-0.15, -0.1) is 0 Å². The van der Waals surface area contributed by atoms with Gasteiger partial charge in [0.1, 0.15) is 6.54 Å². The van der Waals surface area contributed by atoms with E-state index in [1.54, 1.807) is 0 Å². The van der Waals surface area contributed by atoms with Crippen molar-refractivity contribution in [1.29, 1.82) is 0 Å². The maximum Gasteiger partial charge on any atom is 0.308 e. The Bertz CT molecular complexity index is 526. The number of rotatable bonds is 19. The molecule has 6 nitrogen and oxygen atoms in total. The summed E-state index contributed by atoms with van der Waals surface area (Å²) in [4.78, 5) is 23.2. The number of ether oxygens (including phenoxy) is 1. The number of esters is 1. The van der Waals surface area contributed by atoms with E-state index in [1.807, 2.05) is 0 Å². The van der Waals surface area contributed by atoms with E-state index in [0.717, 1.165) is 19.3 Å². The molecule has 172 valence electrons. The van der Waals surface area contributed by atoms with Gasteiger partial charge >= 0.3 is 11.9 Å². The van der Waals surface area contributed by atoms with Gasteiger partial charge in [-0.2, -0.15) is 0 Å². The Kier molecular flexibility index (Phi) is 12.9. The molecule has 0 saturated carbocycles. The van der Waals surface area contributed by atoms with Crippen LogP contribution in [0, 0.1) is 0 Å². The number of carboxylic acid groups (broad SMARTS) is 1. The first-order valence-corrected chi connectivity index (χ1v) is 11.3. The molecule has 6 heteroatoms. The zero-order valence-electron chi connectivity index (χ0n) is 21.8. The lowest BCUT2D eigenvalue weighted by atomic mass is 10.0. The third-order valence-corrected chi connectivity index (χ3v) is 4.90. The SMILES string of the molecule is [2H]C([2H])([2H])[N+](C)(C)C[C@@H](CC(=O)O)OC(=O)C[C@H](O)CCCCCCCCCCCCC. The lowest BCUT2D eigenvalue weighted by Crippen LogP contribution is -2.44. The fourth-order valence-corrected chi connectivity index (χ4v) is 3.42. The first-order chi connectivity index (χ1) is 14.9. The Morgan fingerprint density at radius 3 is 1.93 bits per heavy atom. The van der Waals surface area contributed by atoms with Crippen molar-refractivity contribution < 1.29 is 33.1 Å². The van der Waals surface area contributed by atoms with Gasteiger partial charge in [-0.25, -0.2) is 0 Å². The summed E-state index contributed by atoms with van der Waals surface area (Å²) in [6, 6.07) is 0. The number of carbonyl (C=O) groups excluding carboxylic acids is 1. The highest BCUT2D eigenvalue weighted by atomic mass is 16.5. The highest BCUT2D eigenvalue weighted by Gasteiger charge is 2.25. The molecule has 0 aromatic heterocycles. The molecule has 0 aromatic carbocycles. The lowest BCUT2D eigenvalue weighted by molar-refractivity contribution is -0.873. The highest BCUT2D eigenvalue weighted by Crippen LogP contribution is 2.14.